The Morgan fingerprint density at radius 3 is 2.11 bits per heavy atom. The van der Waals surface area contributed by atoms with Crippen LogP contribution >= 0.6 is 0 Å². The lowest BCUT2D eigenvalue weighted by Gasteiger charge is -2.52. The van der Waals surface area contributed by atoms with Gasteiger partial charge in [-0.25, -0.2) is 4.79 Å². The second kappa shape index (κ2) is 13.5. The maximum absolute atomic E-state index is 14.5. The molecule has 2 aromatic carbocycles. The fraction of sp³-hybridized carbons (Fsp3) is 0.486. The van der Waals surface area contributed by atoms with Gasteiger partial charge in [0.05, 0.1) is 29.6 Å². The van der Waals surface area contributed by atoms with Gasteiger partial charge in [-0.15, -0.1) is 0 Å². The van der Waals surface area contributed by atoms with Crippen LogP contribution in [0, 0.1) is 23.2 Å². The van der Waals surface area contributed by atoms with Crippen molar-refractivity contribution in [1.29, 1.82) is 0 Å². The summed E-state index contributed by atoms with van der Waals surface area (Å²) < 4.78 is 39.4. The van der Waals surface area contributed by atoms with E-state index >= 15 is 0 Å². The van der Waals surface area contributed by atoms with Crippen LogP contribution in [0.5, 0.6) is 5.75 Å². The highest BCUT2D eigenvalue weighted by atomic mass is 19.4. The number of nitrogens with one attached hydrogen (secondary N) is 1. The smallest absolute Gasteiger partial charge is 0.416 e. The molecule has 3 aliphatic rings. The first kappa shape index (κ1) is 39.3. The minimum Gasteiger partial charge on any atom is -0.508 e. The third-order valence-corrected chi connectivity index (χ3v) is 10.2. The Labute approximate surface area is 304 Å². The quantitative estimate of drug-likeness (QED) is 0.207. The summed E-state index contributed by atoms with van der Waals surface area (Å²) in [6.45, 7) is 5.41. The molecule has 13 nitrogen and oxygen atoms in total. The third-order valence-electron chi connectivity index (χ3n) is 10.2. The normalized spacial score (nSPS) is 24.4. The Morgan fingerprint density at radius 2 is 1.60 bits per heavy atom. The number of primary amides is 1. The highest BCUT2D eigenvalue weighted by Gasteiger charge is 2.66. The molecule has 6 N–H and O–H groups in total. The van der Waals surface area contributed by atoms with Gasteiger partial charge in [0.15, 0.2) is 23.0 Å². The van der Waals surface area contributed by atoms with E-state index in [4.69, 9.17) is 5.73 Å². The standard InChI is InChI=1S/C37H44F3N5O8/c1-35(2,3)16-45(34(52)42-20-10-8-19(9-11-20)37(38,39)40)15-18-14-23(43(4)5)21-12-17-13-22-27(44(6)7)30(48)26(33(41)51)32(50)36(22,53)31(49)24(17)29(47)25(21)28(18)46/h8-11,14,17,22,24,27,46,50,53H,12-13,15-16H2,1-7H3,(H2,41,51)(H,42,52)/t17?,22?,24?,27-,36-/m0/s1. The summed E-state index contributed by atoms with van der Waals surface area (Å²) in [6.07, 6.45) is -4.59. The molecule has 0 bridgehead atoms. The van der Waals surface area contributed by atoms with Crippen LogP contribution in [0.25, 0.3) is 0 Å². The molecule has 5 atom stereocenters. The number of amides is 3. The van der Waals surface area contributed by atoms with Crippen molar-refractivity contribution in [3.05, 3.63) is 63.9 Å². The molecule has 16 heteroatoms. The van der Waals surface area contributed by atoms with Gasteiger partial charge in [-0.2, -0.15) is 13.2 Å². The van der Waals surface area contributed by atoms with E-state index in [9.17, 15) is 52.5 Å². The Kier molecular flexibility index (Phi) is 9.98. The van der Waals surface area contributed by atoms with Crippen molar-refractivity contribution in [2.45, 2.75) is 58.0 Å². The average molecular weight is 744 g/mol. The number of urea groups is 1. The van der Waals surface area contributed by atoms with Crippen molar-refractivity contribution in [2.24, 2.45) is 28.9 Å². The predicted octanol–water partition coefficient (Wildman–Crippen LogP) is 3.66. The Balaban J connectivity index is 1.57. The van der Waals surface area contributed by atoms with Crippen molar-refractivity contribution >= 4 is 40.7 Å². The number of fused-ring (bicyclic) bond motifs is 3. The maximum Gasteiger partial charge on any atom is 0.416 e. The van der Waals surface area contributed by atoms with Gasteiger partial charge in [-0.05, 0) is 74.2 Å². The number of likely N-dealkylation sites (N-methyl/N-ethyl adjacent to an activating group) is 1. The zero-order chi connectivity index (χ0) is 39.7. The van der Waals surface area contributed by atoms with E-state index < -0.39 is 92.9 Å². The number of rotatable bonds is 7. The number of nitrogens with two attached hydrogens (primary N) is 1. The molecule has 2 aromatic rings. The minimum atomic E-state index is -4.57. The van der Waals surface area contributed by atoms with Gasteiger partial charge < -0.3 is 36.2 Å². The number of ketones is 3. The molecule has 3 amide bonds. The number of nitrogens with zero attached hydrogens (tertiary/aromatic N) is 3. The van der Waals surface area contributed by atoms with Crippen LogP contribution in [0.1, 0.15) is 54.2 Å². The van der Waals surface area contributed by atoms with Crippen molar-refractivity contribution in [3.63, 3.8) is 0 Å². The molecular weight excluding hydrogens is 699 g/mol. The van der Waals surface area contributed by atoms with Crippen LogP contribution in [-0.2, 0) is 33.5 Å². The van der Waals surface area contributed by atoms with Crippen molar-refractivity contribution < 1.29 is 52.5 Å². The molecule has 0 heterocycles. The Bertz CT molecular complexity index is 1920. The average Bonchev–Trinajstić information content (AvgIpc) is 3.02. The second-order valence-corrected chi connectivity index (χ2v) is 15.7. The fourth-order valence-corrected chi connectivity index (χ4v) is 8.01. The lowest BCUT2D eigenvalue weighted by Crippen LogP contribution is -2.68. The molecule has 286 valence electrons. The lowest BCUT2D eigenvalue weighted by atomic mass is 9.54. The van der Waals surface area contributed by atoms with Gasteiger partial charge in [0.2, 0.25) is 0 Å². The van der Waals surface area contributed by atoms with E-state index in [-0.39, 0.29) is 42.7 Å². The first-order chi connectivity index (χ1) is 24.4. The van der Waals surface area contributed by atoms with E-state index in [0.29, 0.717) is 11.3 Å². The molecule has 1 fully saturated rings. The first-order valence-electron chi connectivity index (χ1n) is 16.9. The van der Waals surface area contributed by atoms with Gasteiger partial charge in [-0.3, -0.25) is 24.1 Å². The van der Waals surface area contributed by atoms with E-state index in [1.165, 1.54) is 23.9 Å². The molecular formula is C37H44F3N5O8. The van der Waals surface area contributed by atoms with Crippen molar-refractivity contribution in [2.75, 3.05) is 45.0 Å². The summed E-state index contributed by atoms with van der Waals surface area (Å²) >= 11 is 0. The van der Waals surface area contributed by atoms with Crippen LogP contribution in [0.15, 0.2) is 41.7 Å². The zero-order valence-corrected chi connectivity index (χ0v) is 30.5. The van der Waals surface area contributed by atoms with Crippen LogP contribution in [0.4, 0.5) is 29.3 Å². The highest BCUT2D eigenvalue weighted by Crippen LogP contribution is 2.53. The lowest BCUT2D eigenvalue weighted by molar-refractivity contribution is -0.163. The topological polar surface area (TPSA) is 194 Å². The fourth-order valence-electron chi connectivity index (χ4n) is 8.01. The third kappa shape index (κ3) is 6.85. The number of Topliss-reactive ketones (excluding diaryl/α,β-unsaturated/α-hetero) is 3. The molecule has 0 aromatic heterocycles. The van der Waals surface area contributed by atoms with Gasteiger partial charge in [0, 0.05) is 43.5 Å². The molecule has 3 unspecified atom stereocenters. The number of benzene rings is 2. The van der Waals surface area contributed by atoms with E-state index in [1.54, 1.807) is 25.1 Å². The number of aromatic hydroxyl groups is 1. The van der Waals surface area contributed by atoms with E-state index in [2.05, 4.69) is 5.32 Å². The zero-order valence-electron chi connectivity index (χ0n) is 30.5. The van der Waals surface area contributed by atoms with Gasteiger partial charge >= 0.3 is 12.2 Å². The van der Waals surface area contributed by atoms with Gasteiger partial charge in [0.1, 0.15) is 17.1 Å². The maximum atomic E-state index is 14.5. The number of hydrogen-bond donors (Lipinski definition) is 5. The Hall–Kier alpha value is -4.96. The number of halogens is 3. The summed E-state index contributed by atoms with van der Waals surface area (Å²) in [4.78, 5) is 72.6. The number of aliphatic hydroxyl groups is 2. The molecule has 1 saturated carbocycles. The summed E-state index contributed by atoms with van der Waals surface area (Å²) in [7, 11) is 6.44. The molecule has 5 rings (SSSR count). The highest BCUT2D eigenvalue weighted by molar-refractivity contribution is 6.25. The second-order valence-electron chi connectivity index (χ2n) is 15.7. The van der Waals surface area contributed by atoms with Crippen LogP contribution < -0.4 is 16.0 Å². The minimum absolute atomic E-state index is 0.0625. The van der Waals surface area contributed by atoms with Crippen LogP contribution in [0.2, 0.25) is 0 Å². The number of hydrogen-bond acceptors (Lipinski definition) is 10. The molecule has 0 aliphatic heterocycles. The molecule has 0 saturated heterocycles. The Morgan fingerprint density at radius 1 is 1.00 bits per heavy atom. The van der Waals surface area contributed by atoms with Gasteiger partial charge in [0.25, 0.3) is 5.91 Å². The number of aliphatic hydroxyl groups excluding tert-OH is 1. The number of alkyl halides is 3. The van der Waals surface area contributed by atoms with Crippen molar-refractivity contribution in [1.82, 2.24) is 9.80 Å². The summed E-state index contributed by atoms with van der Waals surface area (Å²) in [6, 6.07) is 3.60. The van der Waals surface area contributed by atoms with E-state index in [1.807, 2.05) is 20.8 Å². The number of anilines is 2. The summed E-state index contributed by atoms with van der Waals surface area (Å²) in [5, 5.41) is 37.4. The molecule has 0 spiro atoms. The summed E-state index contributed by atoms with van der Waals surface area (Å²) in [5.41, 5.74) is 1.19. The number of carbonyl (C=O) groups excluding carboxylic acids is 5. The van der Waals surface area contributed by atoms with Crippen molar-refractivity contribution in [3.8, 4) is 5.75 Å². The van der Waals surface area contributed by atoms with Gasteiger partial charge in [-0.1, -0.05) is 20.8 Å². The van der Waals surface area contributed by atoms with E-state index in [0.717, 1.165) is 24.3 Å². The number of carbonyl (C=O) groups is 5. The summed E-state index contributed by atoms with van der Waals surface area (Å²) in [5.74, 6) is -9.48. The SMILES string of the molecule is CN(C)c1cc(CN(CC(C)(C)C)C(=O)Nc2ccc(C(F)(F)F)cc2)c(O)c2c1CC1CC3[C@H](N(C)C)C(=O)C(C(N)=O)=C(O)[C@@]3(O)C(=O)C1C2=O. The largest absolute Gasteiger partial charge is 0.508 e. The van der Waals surface area contributed by atoms with Crippen LogP contribution in [0.3, 0.4) is 0 Å². The molecule has 53 heavy (non-hydrogen) atoms. The monoisotopic (exact) mass is 743 g/mol. The number of phenols is 1. The van der Waals surface area contributed by atoms with Crippen LogP contribution in [-0.4, -0.2) is 101 Å². The molecule has 3 aliphatic carbocycles. The molecule has 0 radical (unpaired) electrons. The predicted molar refractivity (Wildman–Crippen MR) is 187 cm³/mol. The number of phenolic OH excluding ortho intramolecular Hbond substituents is 1. The first-order valence-corrected chi connectivity index (χ1v) is 16.9.